The Labute approximate surface area is 134 Å². The van der Waals surface area contributed by atoms with Gasteiger partial charge in [0.25, 0.3) is 5.91 Å². The number of aryl methyl sites for hydroxylation is 1. The van der Waals surface area contributed by atoms with Crippen LogP contribution in [0.1, 0.15) is 11.5 Å². The van der Waals surface area contributed by atoms with Crippen LogP contribution in [0.4, 0.5) is 0 Å². The molecule has 0 bridgehead atoms. The van der Waals surface area contributed by atoms with Gasteiger partial charge in [-0.3, -0.25) is 4.79 Å². The van der Waals surface area contributed by atoms with Crippen LogP contribution in [0.2, 0.25) is 0 Å². The Hall–Kier alpha value is -2.82. The second-order valence-electron chi connectivity index (χ2n) is 5.33. The summed E-state index contributed by atoms with van der Waals surface area (Å²) < 4.78 is 10.6. The number of ether oxygens (including phenoxy) is 1. The number of hydrogen-bond acceptors (Lipinski definition) is 4. The highest BCUT2D eigenvalue weighted by molar-refractivity contribution is 5.84. The zero-order valence-electron chi connectivity index (χ0n) is 12.9. The molecule has 3 rings (SSSR count). The Balaban J connectivity index is 1.46. The molecule has 118 valence electrons. The van der Waals surface area contributed by atoms with Crippen LogP contribution in [0.15, 0.2) is 53.1 Å². The van der Waals surface area contributed by atoms with Gasteiger partial charge in [0.05, 0.1) is 5.69 Å². The van der Waals surface area contributed by atoms with Crippen LogP contribution >= 0.6 is 0 Å². The molecular weight excluding hydrogens is 292 g/mol. The van der Waals surface area contributed by atoms with Crippen molar-refractivity contribution in [3.05, 3.63) is 60.0 Å². The molecule has 1 heterocycles. The van der Waals surface area contributed by atoms with E-state index < -0.39 is 0 Å². The number of fused-ring (bicyclic) bond motifs is 1. The topological polar surface area (TPSA) is 64.4 Å². The molecule has 5 nitrogen and oxygen atoms in total. The molecule has 1 aromatic heterocycles. The third kappa shape index (κ3) is 4.10. The average Bonchev–Trinajstić information content (AvgIpc) is 2.98. The molecule has 0 aliphatic rings. The maximum atomic E-state index is 11.8. The number of nitrogens with zero attached hydrogens (tertiary/aromatic N) is 1. The van der Waals surface area contributed by atoms with Gasteiger partial charge in [0.1, 0.15) is 11.5 Å². The molecule has 0 fully saturated rings. The summed E-state index contributed by atoms with van der Waals surface area (Å²) in [6.45, 7) is 2.35. The van der Waals surface area contributed by atoms with Crippen molar-refractivity contribution in [3.8, 4) is 5.75 Å². The number of amides is 1. The van der Waals surface area contributed by atoms with Crippen molar-refractivity contribution < 1.29 is 14.1 Å². The van der Waals surface area contributed by atoms with E-state index in [4.69, 9.17) is 9.26 Å². The van der Waals surface area contributed by atoms with Gasteiger partial charge in [-0.25, -0.2) is 0 Å². The number of nitrogens with one attached hydrogen (secondary N) is 1. The summed E-state index contributed by atoms with van der Waals surface area (Å²) in [5.41, 5.74) is 0.839. The summed E-state index contributed by atoms with van der Waals surface area (Å²) in [4.78, 5) is 11.8. The molecule has 0 aliphatic heterocycles. The van der Waals surface area contributed by atoms with E-state index in [-0.39, 0.29) is 12.5 Å². The molecule has 0 radical (unpaired) electrons. The van der Waals surface area contributed by atoms with E-state index >= 15 is 0 Å². The van der Waals surface area contributed by atoms with E-state index in [2.05, 4.69) is 10.5 Å². The quantitative estimate of drug-likeness (QED) is 0.760. The zero-order chi connectivity index (χ0) is 16.1. The smallest absolute Gasteiger partial charge is 0.257 e. The SMILES string of the molecule is Cc1cc(CCNC(=O)COc2ccc3ccccc3c2)on1. The molecular formula is C18H18N2O3. The lowest BCUT2D eigenvalue weighted by atomic mass is 10.1. The van der Waals surface area contributed by atoms with Gasteiger partial charge in [-0.1, -0.05) is 35.5 Å². The monoisotopic (exact) mass is 310 g/mol. The summed E-state index contributed by atoms with van der Waals surface area (Å²) in [5.74, 6) is 1.29. The maximum absolute atomic E-state index is 11.8. The van der Waals surface area contributed by atoms with Gasteiger partial charge in [0.2, 0.25) is 0 Å². The lowest BCUT2D eigenvalue weighted by molar-refractivity contribution is -0.123. The Kier molecular flexibility index (Phi) is 4.57. The molecule has 0 saturated heterocycles. The first-order valence-corrected chi connectivity index (χ1v) is 7.51. The minimum absolute atomic E-state index is 0.00618. The lowest BCUT2D eigenvalue weighted by Gasteiger charge is -2.08. The normalized spacial score (nSPS) is 10.7. The number of aromatic nitrogens is 1. The highest BCUT2D eigenvalue weighted by atomic mass is 16.5. The van der Waals surface area contributed by atoms with Crippen molar-refractivity contribution in [1.82, 2.24) is 10.5 Å². The van der Waals surface area contributed by atoms with Crippen LogP contribution in [-0.4, -0.2) is 24.2 Å². The predicted molar refractivity (Wildman–Crippen MR) is 87.4 cm³/mol. The highest BCUT2D eigenvalue weighted by Crippen LogP contribution is 2.20. The van der Waals surface area contributed by atoms with Crippen molar-refractivity contribution in [2.24, 2.45) is 0 Å². The van der Waals surface area contributed by atoms with Crippen molar-refractivity contribution in [2.45, 2.75) is 13.3 Å². The van der Waals surface area contributed by atoms with Crippen molar-refractivity contribution in [1.29, 1.82) is 0 Å². The van der Waals surface area contributed by atoms with Gasteiger partial charge in [0, 0.05) is 19.0 Å². The number of carbonyl (C=O) groups excluding carboxylic acids is 1. The molecule has 0 aliphatic carbocycles. The Morgan fingerprint density at radius 1 is 1.17 bits per heavy atom. The van der Waals surface area contributed by atoms with Gasteiger partial charge in [0.15, 0.2) is 6.61 Å². The summed E-state index contributed by atoms with van der Waals surface area (Å²) in [6.07, 6.45) is 0.614. The van der Waals surface area contributed by atoms with Gasteiger partial charge < -0.3 is 14.6 Å². The van der Waals surface area contributed by atoms with Crippen LogP contribution in [-0.2, 0) is 11.2 Å². The van der Waals surface area contributed by atoms with Gasteiger partial charge >= 0.3 is 0 Å². The van der Waals surface area contributed by atoms with Crippen LogP contribution in [0, 0.1) is 6.92 Å². The molecule has 0 saturated carbocycles. The third-order valence-electron chi connectivity index (χ3n) is 3.46. The van der Waals surface area contributed by atoms with Crippen molar-refractivity contribution in [2.75, 3.05) is 13.2 Å². The molecule has 23 heavy (non-hydrogen) atoms. The van der Waals surface area contributed by atoms with E-state index in [1.54, 1.807) is 0 Å². The van der Waals surface area contributed by atoms with Gasteiger partial charge in [-0.15, -0.1) is 0 Å². The highest BCUT2D eigenvalue weighted by Gasteiger charge is 2.05. The Morgan fingerprint density at radius 2 is 2.00 bits per heavy atom. The summed E-state index contributed by atoms with van der Waals surface area (Å²) in [5, 5.41) is 8.83. The molecule has 0 spiro atoms. The molecule has 3 aromatic rings. The third-order valence-corrected chi connectivity index (χ3v) is 3.46. The van der Waals surface area contributed by atoms with Crippen LogP contribution in [0.3, 0.4) is 0 Å². The van der Waals surface area contributed by atoms with E-state index in [1.807, 2.05) is 55.5 Å². The van der Waals surface area contributed by atoms with Crippen molar-refractivity contribution >= 4 is 16.7 Å². The molecule has 2 aromatic carbocycles. The van der Waals surface area contributed by atoms with E-state index in [1.165, 1.54) is 0 Å². The Bertz CT molecular complexity index is 811. The van der Waals surface area contributed by atoms with E-state index in [0.29, 0.717) is 18.7 Å². The first-order valence-electron chi connectivity index (χ1n) is 7.51. The predicted octanol–water partition coefficient (Wildman–Crippen LogP) is 2.87. The summed E-state index contributed by atoms with van der Waals surface area (Å²) in [6, 6.07) is 15.7. The van der Waals surface area contributed by atoms with Gasteiger partial charge in [-0.2, -0.15) is 0 Å². The number of hydrogen-bond donors (Lipinski definition) is 1. The zero-order valence-corrected chi connectivity index (χ0v) is 12.9. The number of benzene rings is 2. The van der Waals surface area contributed by atoms with E-state index in [0.717, 1.165) is 22.2 Å². The largest absolute Gasteiger partial charge is 0.484 e. The van der Waals surface area contributed by atoms with E-state index in [9.17, 15) is 4.79 Å². The average molecular weight is 310 g/mol. The molecule has 1 amide bonds. The molecule has 0 atom stereocenters. The van der Waals surface area contributed by atoms with Crippen LogP contribution < -0.4 is 10.1 Å². The standard InChI is InChI=1S/C18H18N2O3/c1-13-10-17(23-20-13)8-9-19-18(21)12-22-16-7-6-14-4-2-3-5-15(14)11-16/h2-7,10-11H,8-9,12H2,1H3,(H,19,21). The van der Waals surface area contributed by atoms with Crippen molar-refractivity contribution in [3.63, 3.8) is 0 Å². The fourth-order valence-corrected chi connectivity index (χ4v) is 2.32. The molecule has 0 unspecified atom stereocenters. The second-order valence-corrected chi connectivity index (χ2v) is 5.33. The fourth-order valence-electron chi connectivity index (χ4n) is 2.32. The lowest BCUT2D eigenvalue weighted by Crippen LogP contribution is -2.30. The Morgan fingerprint density at radius 3 is 2.78 bits per heavy atom. The molecule has 5 heteroatoms. The summed E-state index contributed by atoms with van der Waals surface area (Å²) in [7, 11) is 0. The first kappa shape index (κ1) is 15.1. The number of carbonyl (C=O) groups is 1. The number of rotatable bonds is 6. The van der Waals surface area contributed by atoms with Gasteiger partial charge in [-0.05, 0) is 29.8 Å². The minimum atomic E-state index is -0.158. The maximum Gasteiger partial charge on any atom is 0.257 e. The fraction of sp³-hybridized carbons (Fsp3) is 0.222. The molecule has 1 N–H and O–H groups in total. The first-order chi connectivity index (χ1) is 11.2. The second kappa shape index (κ2) is 6.96. The van der Waals surface area contributed by atoms with Crippen LogP contribution in [0.25, 0.3) is 10.8 Å². The summed E-state index contributed by atoms with van der Waals surface area (Å²) >= 11 is 0. The minimum Gasteiger partial charge on any atom is -0.484 e. The van der Waals surface area contributed by atoms with Crippen LogP contribution in [0.5, 0.6) is 5.75 Å².